The fourth-order valence-electron chi connectivity index (χ4n) is 2.79. The minimum Gasteiger partial charge on any atom is -0.332 e. The molecule has 0 aromatic carbocycles. The monoisotopic (exact) mass is 340 g/mol. The van der Waals surface area contributed by atoms with Crippen molar-refractivity contribution in [1.29, 1.82) is 0 Å². The maximum absolute atomic E-state index is 12.8. The number of carbonyl (C=O) groups excluding carboxylic acids is 1. The normalized spacial score (nSPS) is 18.2. The number of aryl methyl sites for hydroxylation is 1. The minimum atomic E-state index is -4.69. The number of nitrogens with zero attached hydrogens (tertiary/aromatic N) is 6. The number of aromatic nitrogens is 5. The number of hydrogen-bond donors (Lipinski definition) is 0. The third-order valence-electron chi connectivity index (χ3n) is 3.83. The second kappa shape index (κ2) is 6.17. The number of alkyl halides is 3. The molecule has 1 amide bonds. The van der Waals surface area contributed by atoms with Gasteiger partial charge >= 0.3 is 6.18 Å². The van der Waals surface area contributed by atoms with Crippen molar-refractivity contribution in [3.8, 4) is 0 Å². The number of rotatable bonds is 3. The lowest BCUT2D eigenvalue weighted by molar-refractivity contribution is -0.145. The Bertz CT molecular complexity index is 731. The van der Waals surface area contributed by atoms with Gasteiger partial charge in [-0.2, -0.15) is 13.2 Å². The van der Waals surface area contributed by atoms with Crippen LogP contribution >= 0.6 is 0 Å². The first kappa shape index (κ1) is 16.3. The highest BCUT2D eigenvalue weighted by Gasteiger charge is 2.37. The average Bonchev–Trinajstić information content (AvgIpc) is 3.17. The molecule has 0 aliphatic carbocycles. The van der Waals surface area contributed by atoms with E-state index in [4.69, 9.17) is 0 Å². The van der Waals surface area contributed by atoms with Crippen LogP contribution in [0.15, 0.2) is 18.5 Å². The van der Waals surface area contributed by atoms with Crippen molar-refractivity contribution in [2.24, 2.45) is 0 Å². The molecular formula is C14H15F3N6O. The van der Waals surface area contributed by atoms with Crippen LogP contribution in [0.3, 0.4) is 0 Å². The summed E-state index contributed by atoms with van der Waals surface area (Å²) in [6, 6.07) is 1.13. The summed E-state index contributed by atoms with van der Waals surface area (Å²) in [6.07, 6.45) is 0.0529. The Balaban J connectivity index is 1.84. The zero-order valence-corrected chi connectivity index (χ0v) is 12.9. The van der Waals surface area contributed by atoms with Crippen LogP contribution in [0.25, 0.3) is 0 Å². The molecule has 10 heteroatoms. The van der Waals surface area contributed by atoms with Gasteiger partial charge in [-0.3, -0.25) is 9.48 Å². The summed E-state index contributed by atoms with van der Waals surface area (Å²) in [4.78, 5) is 21.0. The van der Waals surface area contributed by atoms with E-state index in [9.17, 15) is 18.0 Å². The van der Waals surface area contributed by atoms with Gasteiger partial charge in [0, 0.05) is 18.4 Å². The quantitative estimate of drug-likeness (QED) is 0.850. The molecule has 0 N–H and O–H groups in total. The van der Waals surface area contributed by atoms with Crippen molar-refractivity contribution in [2.45, 2.75) is 38.5 Å². The molecule has 7 nitrogen and oxygen atoms in total. The van der Waals surface area contributed by atoms with E-state index in [2.05, 4.69) is 20.3 Å². The van der Waals surface area contributed by atoms with E-state index in [0.717, 1.165) is 12.8 Å². The molecule has 0 saturated carbocycles. The van der Waals surface area contributed by atoms with Crippen molar-refractivity contribution in [2.75, 3.05) is 6.54 Å². The lowest BCUT2D eigenvalue weighted by Crippen LogP contribution is -2.39. The summed E-state index contributed by atoms with van der Waals surface area (Å²) >= 11 is 0. The van der Waals surface area contributed by atoms with Gasteiger partial charge in [0.1, 0.15) is 5.69 Å². The maximum atomic E-state index is 12.8. The molecule has 1 atom stereocenters. The number of likely N-dealkylation sites (tertiary alicyclic amines) is 1. The Hall–Kier alpha value is -2.52. The largest absolute Gasteiger partial charge is 0.451 e. The van der Waals surface area contributed by atoms with E-state index in [1.165, 1.54) is 19.2 Å². The van der Waals surface area contributed by atoms with Crippen LogP contribution in [-0.4, -0.2) is 48.4 Å². The van der Waals surface area contributed by atoms with E-state index in [1.807, 2.05) is 0 Å². The summed E-state index contributed by atoms with van der Waals surface area (Å²) in [5, 5.41) is 7.57. The van der Waals surface area contributed by atoms with E-state index in [1.54, 1.807) is 15.8 Å². The molecular weight excluding hydrogens is 325 g/mol. The van der Waals surface area contributed by atoms with Gasteiger partial charge in [0.15, 0.2) is 0 Å². The van der Waals surface area contributed by atoms with Gasteiger partial charge in [0.05, 0.1) is 18.8 Å². The Morgan fingerprint density at radius 3 is 2.83 bits per heavy atom. The maximum Gasteiger partial charge on any atom is 0.451 e. The van der Waals surface area contributed by atoms with Crippen LogP contribution in [0.5, 0.6) is 0 Å². The van der Waals surface area contributed by atoms with Crippen LogP contribution in [0, 0.1) is 6.92 Å². The summed E-state index contributed by atoms with van der Waals surface area (Å²) in [5.41, 5.74) is -0.131. The highest BCUT2D eigenvalue weighted by molar-refractivity contribution is 5.92. The van der Waals surface area contributed by atoms with E-state index < -0.39 is 17.9 Å². The van der Waals surface area contributed by atoms with Crippen LogP contribution < -0.4 is 0 Å². The highest BCUT2D eigenvalue weighted by Crippen LogP contribution is 2.27. The third kappa shape index (κ3) is 3.36. The van der Waals surface area contributed by atoms with Crippen LogP contribution in [0.4, 0.5) is 13.2 Å². The van der Waals surface area contributed by atoms with Crippen LogP contribution in [-0.2, 0) is 12.7 Å². The van der Waals surface area contributed by atoms with Gasteiger partial charge < -0.3 is 4.90 Å². The Labute approximate surface area is 135 Å². The SMILES string of the molecule is Cc1cc(C(=O)N2CCC[C@H]2Cn2ccnn2)nc(C(F)(F)F)n1. The molecule has 3 heterocycles. The Morgan fingerprint density at radius 1 is 1.38 bits per heavy atom. The molecule has 0 bridgehead atoms. The molecule has 1 aliphatic heterocycles. The number of amides is 1. The predicted octanol–water partition coefficient (Wildman–Crippen LogP) is 1.70. The standard InChI is InChI=1S/C14H15F3N6O/c1-9-7-11(20-13(19-9)14(15,16)17)12(24)23-5-2-3-10(23)8-22-6-4-18-21-22/h4,6-7,10H,2-3,5,8H2,1H3/t10-/m0/s1. The Kier molecular flexibility index (Phi) is 4.20. The summed E-state index contributed by atoms with van der Waals surface area (Å²) in [6.45, 7) is 2.33. The lowest BCUT2D eigenvalue weighted by atomic mass is 10.2. The predicted molar refractivity (Wildman–Crippen MR) is 75.9 cm³/mol. The van der Waals surface area contributed by atoms with Gasteiger partial charge in [-0.05, 0) is 25.8 Å². The topological polar surface area (TPSA) is 76.8 Å². The van der Waals surface area contributed by atoms with Crippen LogP contribution in [0.1, 0.15) is 34.8 Å². The fraction of sp³-hybridized carbons (Fsp3) is 0.500. The zero-order chi connectivity index (χ0) is 17.3. The molecule has 1 fully saturated rings. The average molecular weight is 340 g/mol. The highest BCUT2D eigenvalue weighted by atomic mass is 19.4. The summed E-state index contributed by atoms with van der Waals surface area (Å²) in [7, 11) is 0. The van der Waals surface area contributed by atoms with Gasteiger partial charge in [-0.1, -0.05) is 5.21 Å². The molecule has 0 spiro atoms. The molecule has 128 valence electrons. The summed E-state index contributed by atoms with van der Waals surface area (Å²) in [5.74, 6) is -1.81. The van der Waals surface area contributed by atoms with E-state index >= 15 is 0 Å². The first-order valence-electron chi connectivity index (χ1n) is 7.42. The molecule has 1 saturated heterocycles. The van der Waals surface area contributed by atoms with E-state index in [-0.39, 0.29) is 17.4 Å². The fourth-order valence-corrected chi connectivity index (χ4v) is 2.79. The molecule has 24 heavy (non-hydrogen) atoms. The van der Waals surface area contributed by atoms with Gasteiger partial charge in [0.25, 0.3) is 5.91 Å². The summed E-state index contributed by atoms with van der Waals surface area (Å²) < 4.78 is 40.1. The van der Waals surface area contributed by atoms with Crippen molar-refractivity contribution < 1.29 is 18.0 Å². The first-order valence-corrected chi connectivity index (χ1v) is 7.42. The molecule has 2 aromatic rings. The van der Waals surface area contributed by atoms with Crippen molar-refractivity contribution in [3.05, 3.63) is 35.7 Å². The van der Waals surface area contributed by atoms with Gasteiger partial charge in [-0.25, -0.2) is 9.97 Å². The number of halogens is 3. The molecule has 0 radical (unpaired) electrons. The van der Waals surface area contributed by atoms with Crippen molar-refractivity contribution >= 4 is 5.91 Å². The van der Waals surface area contributed by atoms with E-state index in [0.29, 0.717) is 13.1 Å². The number of hydrogen-bond acceptors (Lipinski definition) is 5. The van der Waals surface area contributed by atoms with Crippen molar-refractivity contribution in [1.82, 2.24) is 29.9 Å². The second-order valence-corrected chi connectivity index (χ2v) is 5.64. The number of carbonyl (C=O) groups is 1. The van der Waals surface area contributed by atoms with Gasteiger partial charge in [-0.15, -0.1) is 5.10 Å². The molecule has 0 unspecified atom stereocenters. The smallest absolute Gasteiger partial charge is 0.332 e. The lowest BCUT2D eigenvalue weighted by Gasteiger charge is -2.24. The second-order valence-electron chi connectivity index (χ2n) is 5.64. The third-order valence-corrected chi connectivity index (χ3v) is 3.83. The zero-order valence-electron chi connectivity index (χ0n) is 12.9. The first-order chi connectivity index (χ1) is 11.3. The van der Waals surface area contributed by atoms with Gasteiger partial charge in [0.2, 0.25) is 5.82 Å². The van der Waals surface area contributed by atoms with Crippen LogP contribution in [0.2, 0.25) is 0 Å². The molecule has 3 rings (SSSR count). The van der Waals surface area contributed by atoms with Crippen molar-refractivity contribution in [3.63, 3.8) is 0 Å². The molecule has 2 aromatic heterocycles. The minimum absolute atomic E-state index is 0.104. The molecule has 1 aliphatic rings. The Morgan fingerprint density at radius 2 is 2.17 bits per heavy atom.